The summed E-state index contributed by atoms with van der Waals surface area (Å²) >= 11 is 0. The highest BCUT2D eigenvalue weighted by Crippen LogP contribution is 2.07. The molecule has 1 unspecified atom stereocenters. The van der Waals surface area contributed by atoms with Crippen LogP contribution in [0, 0.1) is 0 Å². The van der Waals surface area contributed by atoms with Crippen molar-refractivity contribution in [3.63, 3.8) is 0 Å². The summed E-state index contributed by atoms with van der Waals surface area (Å²) in [6, 6.07) is 9.76. The van der Waals surface area contributed by atoms with Crippen molar-refractivity contribution in [1.29, 1.82) is 0 Å². The van der Waals surface area contributed by atoms with Gasteiger partial charge in [0, 0.05) is 6.04 Å². The molecule has 15 heavy (non-hydrogen) atoms. The Morgan fingerprint density at radius 3 is 2.40 bits per heavy atom. The second-order valence-electron chi connectivity index (χ2n) is 3.60. The van der Waals surface area contributed by atoms with E-state index in [0.29, 0.717) is 13.2 Å². The van der Waals surface area contributed by atoms with E-state index in [0.717, 1.165) is 5.75 Å². The Hall–Kier alpha value is -1.06. The smallest absolute Gasteiger partial charge is 0.119 e. The zero-order valence-electron chi connectivity index (χ0n) is 9.35. The van der Waals surface area contributed by atoms with Crippen molar-refractivity contribution in [2.45, 2.75) is 26.0 Å². The van der Waals surface area contributed by atoms with Gasteiger partial charge in [-0.15, -0.1) is 0 Å². The van der Waals surface area contributed by atoms with Crippen LogP contribution in [0.25, 0.3) is 0 Å². The molecule has 0 spiro atoms. The molecule has 0 saturated heterocycles. The minimum absolute atomic E-state index is 0.0572. The summed E-state index contributed by atoms with van der Waals surface area (Å²) < 4.78 is 10.9. The van der Waals surface area contributed by atoms with E-state index in [2.05, 4.69) is 0 Å². The van der Waals surface area contributed by atoms with Gasteiger partial charge in [-0.3, -0.25) is 0 Å². The molecule has 0 radical (unpaired) electrons. The van der Waals surface area contributed by atoms with Gasteiger partial charge in [-0.05, 0) is 26.0 Å². The zero-order chi connectivity index (χ0) is 11.1. The van der Waals surface area contributed by atoms with Crippen LogP contribution in [0.15, 0.2) is 30.3 Å². The Balaban J connectivity index is 2.12. The van der Waals surface area contributed by atoms with Gasteiger partial charge >= 0.3 is 0 Å². The van der Waals surface area contributed by atoms with Crippen LogP contribution >= 0.6 is 0 Å². The fraction of sp³-hybridized carbons (Fsp3) is 0.500. The maximum absolute atomic E-state index is 5.66. The van der Waals surface area contributed by atoms with E-state index in [9.17, 15) is 0 Å². The number of rotatable bonds is 6. The molecular weight excluding hydrogens is 190 g/mol. The second-order valence-corrected chi connectivity index (χ2v) is 3.60. The molecule has 0 aliphatic rings. The van der Waals surface area contributed by atoms with Crippen molar-refractivity contribution in [2.75, 3.05) is 13.2 Å². The third-order valence-electron chi connectivity index (χ3n) is 2.22. The van der Waals surface area contributed by atoms with Gasteiger partial charge in [-0.1, -0.05) is 18.2 Å². The predicted octanol–water partition coefficient (Wildman–Crippen LogP) is 1.82. The first-order valence-corrected chi connectivity index (χ1v) is 5.25. The van der Waals surface area contributed by atoms with Gasteiger partial charge < -0.3 is 15.2 Å². The molecule has 0 amide bonds. The van der Waals surface area contributed by atoms with Gasteiger partial charge in [0.1, 0.15) is 12.4 Å². The monoisotopic (exact) mass is 209 g/mol. The van der Waals surface area contributed by atoms with E-state index in [1.807, 2.05) is 44.2 Å². The molecule has 1 aromatic rings. The average Bonchev–Trinajstić information content (AvgIpc) is 2.25. The molecule has 0 fully saturated rings. The largest absolute Gasteiger partial charge is 0.491 e. The topological polar surface area (TPSA) is 44.5 Å². The number of ether oxygens (including phenoxy) is 2. The predicted molar refractivity (Wildman–Crippen MR) is 61.0 cm³/mol. The number of benzene rings is 1. The van der Waals surface area contributed by atoms with Crippen LogP contribution < -0.4 is 10.5 Å². The first-order valence-electron chi connectivity index (χ1n) is 5.25. The summed E-state index contributed by atoms with van der Waals surface area (Å²) in [6.45, 7) is 5.02. The minimum Gasteiger partial charge on any atom is -0.491 e. The zero-order valence-corrected chi connectivity index (χ0v) is 9.35. The number of para-hydroxylation sites is 1. The molecule has 3 heteroatoms. The molecule has 2 N–H and O–H groups in total. The Morgan fingerprint density at radius 1 is 1.13 bits per heavy atom. The summed E-state index contributed by atoms with van der Waals surface area (Å²) in [5.74, 6) is 0.870. The van der Waals surface area contributed by atoms with Crippen LogP contribution in [0.5, 0.6) is 5.75 Å². The van der Waals surface area contributed by atoms with Gasteiger partial charge in [0.15, 0.2) is 0 Å². The van der Waals surface area contributed by atoms with E-state index in [1.54, 1.807) is 0 Å². The van der Waals surface area contributed by atoms with Gasteiger partial charge in [0.25, 0.3) is 0 Å². The standard InChI is InChI=1S/C12H19NO2/c1-10(13)11(2)14-8-9-15-12-6-4-3-5-7-12/h3-7,10-11H,8-9,13H2,1-2H3/t10-,11?/m1/s1. The molecular formula is C12H19NO2. The molecule has 0 saturated carbocycles. The van der Waals surface area contributed by atoms with Crippen molar-refractivity contribution in [3.05, 3.63) is 30.3 Å². The van der Waals surface area contributed by atoms with E-state index in [4.69, 9.17) is 15.2 Å². The summed E-state index contributed by atoms with van der Waals surface area (Å²) in [7, 11) is 0. The number of hydrogen-bond donors (Lipinski definition) is 1. The van der Waals surface area contributed by atoms with E-state index >= 15 is 0 Å². The van der Waals surface area contributed by atoms with Gasteiger partial charge in [-0.25, -0.2) is 0 Å². The molecule has 1 aromatic carbocycles. The van der Waals surface area contributed by atoms with Crippen LogP contribution in [0.4, 0.5) is 0 Å². The molecule has 1 rings (SSSR count). The first kappa shape index (κ1) is 12.0. The van der Waals surface area contributed by atoms with Gasteiger partial charge in [-0.2, -0.15) is 0 Å². The van der Waals surface area contributed by atoms with Crippen LogP contribution in [0.3, 0.4) is 0 Å². The van der Waals surface area contributed by atoms with Crippen molar-refractivity contribution in [3.8, 4) is 5.75 Å². The molecule has 2 atom stereocenters. The van der Waals surface area contributed by atoms with Crippen LogP contribution in [0.2, 0.25) is 0 Å². The molecule has 3 nitrogen and oxygen atoms in total. The molecule has 84 valence electrons. The van der Waals surface area contributed by atoms with Crippen molar-refractivity contribution in [2.24, 2.45) is 5.73 Å². The summed E-state index contributed by atoms with van der Waals surface area (Å²) in [5, 5.41) is 0. The lowest BCUT2D eigenvalue weighted by Crippen LogP contribution is -2.32. The molecule has 0 aromatic heterocycles. The lowest BCUT2D eigenvalue weighted by atomic mass is 10.2. The third-order valence-corrected chi connectivity index (χ3v) is 2.22. The number of nitrogens with two attached hydrogens (primary N) is 1. The van der Waals surface area contributed by atoms with Crippen molar-refractivity contribution in [1.82, 2.24) is 0 Å². The van der Waals surface area contributed by atoms with Gasteiger partial charge in [0.2, 0.25) is 0 Å². The van der Waals surface area contributed by atoms with Crippen LogP contribution in [0.1, 0.15) is 13.8 Å². The summed E-state index contributed by atoms with van der Waals surface area (Å²) in [5.41, 5.74) is 5.66. The molecule has 0 aliphatic carbocycles. The SMILES string of the molecule is CC(OCCOc1ccccc1)[C@@H](C)N. The second kappa shape index (κ2) is 6.43. The normalized spacial score (nSPS) is 14.6. The highest BCUT2D eigenvalue weighted by atomic mass is 16.5. The maximum Gasteiger partial charge on any atom is 0.119 e. The van der Waals surface area contributed by atoms with Crippen molar-refractivity contribution < 1.29 is 9.47 Å². The van der Waals surface area contributed by atoms with E-state index in [-0.39, 0.29) is 12.1 Å². The van der Waals surface area contributed by atoms with E-state index < -0.39 is 0 Å². The lowest BCUT2D eigenvalue weighted by molar-refractivity contribution is 0.0332. The fourth-order valence-electron chi connectivity index (χ4n) is 1.06. The first-order chi connectivity index (χ1) is 7.20. The average molecular weight is 209 g/mol. The van der Waals surface area contributed by atoms with Gasteiger partial charge in [0.05, 0.1) is 12.7 Å². The van der Waals surface area contributed by atoms with Crippen molar-refractivity contribution >= 4 is 0 Å². The molecule has 0 bridgehead atoms. The lowest BCUT2D eigenvalue weighted by Gasteiger charge is -2.16. The Kier molecular flexibility index (Phi) is 5.15. The fourth-order valence-corrected chi connectivity index (χ4v) is 1.06. The highest BCUT2D eigenvalue weighted by Gasteiger charge is 2.06. The Bertz CT molecular complexity index is 262. The third kappa shape index (κ3) is 4.81. The Morgan fingerprint density at radius 2 is 1.80 bits per heavy atom. The maximum atomic E-state index is 5.66. The minimum atomic E-state index is 0.0572. The quantitative estimate of drug-likeness (QED) is 0.727. The summed E-state index contributed by atoms with van der Waals surface area (Å²) in [4.78, 5) is 0. The van der Waals surface area contributed by atoms with E-state index in [1.165, 1.54) is 0 Å². The number of hydrogen-bond acceptors (Lipinski definition) is 3. The summed E-state index contributed by atoms with van der Waals surface area (Å²) in [6.07, 6.45) is 0.0735. The van der Waals surface area contributed by atoms with Crippen LogP contribution in [-0.2, 0) is 4.74 Å². The van der Waals surface area contributed by atoms with Crippen LogP contribution in [-0.4, -0.2) is 25.4 Å². The highest BCUT2D eigenvalue weighted by molar-refractivity contribution is 5.20. The molecule has 0 aliphatic heterocycles. The Labute approximate surface area is 91.2 Å². The molecule has 0 heterocycles.